The van der Waals surface area contributed by atoms with Gasteiger partial charge in [0, 0.05) is 19.6 Å². The molecule has 1 atom stereocenters. The van der Waals surface area contributed by atoms with Crippen molar-refractivity contribution < 1.29 is 22.4 Å². The molecule has 3 rings (SSSR count). The average Bonchev–Trinajstić information content (AvgIpc) is 3.19. The summed E-state index contributed by atoms with van der Waals surface area (Å²) in [6.07, 6.45) is 1.29. The Hall–Kier alpha value is -2.52. The van der Waals surface area contributed by atoms with Gasteiger partial charge in [0.2, 0.25) is 5.91 Å². The van der Waals surface area contributed by atoms with Crippen molar-refractivity contribution in [2.45, 2.75) is 40.2 Å². The van der Waals surface area contributed by atoms with Gasteiger partial charge in [0.25, 0.3) is 0 Å². The fraction of sp³-hybridized carbons (Fsp3) is 0.500. The highest BCUT2D eigenvalue weighted by molar-refractivity contribution is 7.90. The summed E-state index contributed by atoms with van der Waals surface area (Å²) in [5, 5.41) is 2.87. The zero-order chi connectivity index (χ0) is 22.4. The van der Waals surface area contributed by atoms with Crippen LogP contribution in [0.4, 0.5) is 5.69 Å². The van der Waals surface area contributed by atoms with Crippen LogP contribution in [0.15, 0.2) is 40.8 Å². The Labute approximate surface area is 184 Å². The summed E-state index contributed by atoms with van der Waals surface area (Å²) in [7, 11) is -3.76. The lowest BCUT2D eigenvalue weighted by Crippen LogP contribution is -2.50. The van der Waals surface area contributed by atoms with Gasteiger partial charge < -0.3 is 14.5 Å². The predicted molar refractivity (Wildman–Crippen MR) is 119 cm³/mol. The van der Waals surface area contributed by atoms with Gasteiger partial charge >= 0.3 is 10.2 Å². The van der Waals surface area contributed by atoms with E-state index in [0.717, 1.165) is 5.76 Å². The zero-order valence-electron chi connectivity index (χ0n) is 18.3. The lowest BCUT2D eigenvalue weighted by molar-refractivity contribution is -0.126. The number of furan rings is 1. The molecule has 0 bridgehead atoms. The van der Waals surface area contributed by atoms with E-state index in [1.54, 1.807) is 31.2 Å². The number of benzene rings is 1. The maximum Gasteiger partial charge on any atom is 0.304 e. The van der Waals surface area contributed by atoms with E-state index in [2.05, 4.69) is 5.32 Å². The third kappa shape index (κ3) is 5.59. The van der Waals surface area contributed by atoms with E-state index in [9.17, 15) is 13.2 Å². The van der Waals surface area contributed by atoms with Gasteiger partial charge in [0.05, 0.1) is 24.8 Å². The van der Waals surface area contributed by atoms with Crippen molar-refractivity contribution in [1.82, 2.24) is 9.62 Å². The lowest BCUT2D eigenvalue weighted by atomic mass is 9.99. The van der Waals surface area contributed by atoms with E-state index < -0.39 is 16.1 Å². The monoisotopic (exact) mass is 449 g/mol. The van der Waals surface area contributed by atoms with Gasteiger partial charge in [-0.25, -0.2) is 0 Å². The summed E-state index contributed by atoms with van der Waals surface area (Å²) < 4.78 is 40.4. The summed E-state index contributed by atoms with van der Waals surface area (Å²) in [6, 6.07) is 10.7. The van der Waals surface area contributed by atoms with E-state index in [0.29, 0.717) is 56.3 Å². The van der Waals surface area contributed by atoms with Crippen LogP contribution in [0.2, 0.25) is 0 Å². The minimum atomic E-state index is -3.76. The molecule has 1 amide bonds. The third-order valence-corrected chi connectivity index (χ3v) is 7.33. The van der Waals surface area contributed by atoms with Crippen LogP contribution in [0.1, 0.15) is 38.2 Å². The first kappa shape index (κ1) is 23.1. The number of anilines is 1. The first-order chi connectivity index (χ1) is 14.8. The molecule has 170 valence electrons. The Morgan fingerprint density at radius 3 is 2.58 bits per heavy atom. The number of hydrogen-bond acceptors (Lipinski definition) is 5. The number of nitrogens with zero attached hydrogens (tertiary/aromatic N) is 2. The Bertz CT molecular complexity index is 971. The summed E-state index contributed by atoms with van der Waals surface area (Å²) in [6.45, 7) is 7.24. The van der Waals surface area contributed by atoms with Crippen molar-refractivity contribution in [3.63, 3.8) is 0 Å². The minimum Gasteiger partial charge on any atom is -0.494 e. The highest BCUT2D eigenvalue weighted by atomic mass is 32.2. The molecule has 1 aromatic carbocycles. The van der Waals surface area contributed by atoms with Gasteiger partial charge in [-0.05, 0) is 70.0 Å². The molecular formula is C22H31N3O5S. The average molecular weight is 450 g/mol. The van der Waals surface area contributed by atoms with Crippen LogP contribution in [0.5, 0.6) is 5.75 Å². The van der Waals surface area contributed by atoms with Crippen LogP contribution in [-0.2, 0) is 21.5 Å². The highest BCUT2D eigenvalue weighted by Crippen LogP contribution is 2.27. The molecule has 1 aliphatic heterocycles. The largest absolute Gasteiger partial charge is 0.494 e. The number of aryl methyl sites for hydroxylation is 1. The molecule has 0 aliphatic carbocycles. The standard InChI is InChI=1S/C22H31N3O5S/c1-4-25(19-9-12-20(13-10-19)29-5-2)31(27,28)24-14-6-7-18(16-24)22(26)23-15-21-11-8-17(3)30-21/h8-13,18H,4-7,14-16H2,1-3H3,(H,23,26)/t18-/m1/s1. The zero-order valence-corrected chi connectivity index (χ0v) is 19.2. The number of ether oxygens (including phenoxy) is 1. The van der Waals surface area contributed by atoms with Gasteiger partial charge in [-0.15, -0.1) is 0 Å². The summed E-state index contributed by atoms with van der Waals surface area (Å²) >= 11 is 0. The van der Waals surface area contributed by atoms with Crippen molar-refractivity contribution >= 4 is 21.8 Å². The Balaban J connectivity index is 1.67. The van der Waals surface area contributed by atoms with Gasteiger partial charge in [0.15, 0.2) is 0 Å². The lowest BCUT2D eigenvalue weighted by Gasteiger charge is -2.35. The molecule has 9 heteroatoms. The number of amides is 1. The molecule has 8 nitrogen and oxygen atoms in total. The second-order valence-corrected chi connectivity index (χ2v) is 9.38. The molecule has 1 fully saturated rings. The number of rotatable bonds is 9. The van der Waals surface area contributed by atoms with Crippen LogP contribution in [0.3, 0.4) is 0 Å². The quantitative estimate of drug-likeness (QED) is 0.635. The topological polar surface area (TPSA) is 92.1 Å². The van der Waals surface area contributed by atoms with Gasteiger partial charge in [0.1, 0.15) is 17.3 Å². The molecule has 2 aromatic rings. The van der Waals surface area contributed by atoms with Gasteiger partial charge in [-0.1, -0.05) is 0 Å². The fourth-order valence-electron chi connectivity index (χ4n) is 3.76. The van der Waals surface area contributed by atoms with Gasteiger partial charge in [-0.3, -0.25) is 9.10 Å². The highest BCUT2D eigenvalue weighted by Gasteiger charge is 2.35. The second kappa shape index (κ2) is 10.2. The molecule has 1 saturated heterocycles. The van der Waals surface area contributed by atoms with Crippen molar-refractivity contribution in [3.8, 4) is 5.75 Å². The smallest absolute Gasteiger partial charge is 0.304 e. The number of carbonyl (C=O) groups excluding carboxylic acids is 1. The summed E-state index contributed by atoms with van der Waals surface area (Å²) in [5.41, 5.74) is 0.575. The number of hydrogen-bond donors (Lipinski definition) is 1. The SMILES string of the molecule is CCOc1ccc(N(CC)S(=O)(=O)N2CCC[C@@H](C(=O)NCc3ccc(C)o3)C2)cc1. The summed E-state index contributed by atoms with van der Waals surface area (Å²) in [4.78, 5) is 12.7. The van der Waals surface area contributed by atoms with Crippen molar-refractivity contribution in [2.24, 2.45) is 5.92 Å². The Kier molecular flexibility index (Phi) is 7.61. The molecule has 31 heavy (non-hydrogen) atoms. The van der Waals surface area contributed by atoms with Crippen molar-refractivity contribution in [3.05, 3.63) is 47.9 Å². The van der Waals surface area contributed by atoms with Crippen LogP contribution >= 0.6 is 0 Å². The minimum absolute atomic E-state index is 0.155. The van der Waals surface area contributed by atoms with E-state index >= 15 is 0 Å². The number of nitrogens with one attached hydrogen (secondary N) is 1. The molecule has 2 heterocycles. The van der Waals surface area contributed by atoms with E-state index in [1.807, 2.05) is 26.0 Å². The number of carbonyl (C=O) groups is 1. The fourth-order valence-corrected chi connectivity index (χ4v) is 5.48. The third-order valence-electron chi connectivity index (χ3n) is 5.32. The van der Waals surface area contributed by atoms with Crippen LogP contribution in [0.25, 0.3) is 0 Å². The van der Waals surface area contributed by atoms with Crippen LogP contribution in [0, 0.1) is 12.8 Å². The molecule has 0 spiro atoms. The molecule has 1 aliphatic rings. The van der Waals surface area contributed by atoms with E-state index in [-0.39, 0.29) is 12.5 Å². The van der Waals surface area contributed by atoms with Crippen molar-refractivity contribution in [2.75, 3.05) is 30.5 Å². The first-order valence-corrected chi connectivity index (χ1v) is 12.1. The summed E-state index contributed by atoms with van der Waals surface area (Å²) in [5.74, 6) is 1.62. The Morgan fingerprint density at radius 1 is 1.23 bits per heavy atom. The second-order valence-electron chi connectivity index (χ2n) is 7.53. The Morgan fingerprint density at radius 2 is 1.97 bits per heavy atom. The van der Waals surface area contributed by atoms with E-state index in [4.69, 9.17) is 9.15 Å². The first-order valence-electron chi connectivity index (χ1n) is 10.7. The van der Waals surface area contributed by atoms with Crippen LogP contribution in [-0.4, -0.2) is 44.9 Å². The normalized spacial score (nSPS) is 17.3. The van der Waals surface area contributed by atoms with E-state index in [1.165, 1.54) is 8.61 Å². The molecule has 0 saturated carbocycles. The predicted octanol–water partition coefficient (Wildman–Crippen LogP) is 3.09. The molecular weight excluding hydrogens is 418 g/mol. The maximum atomic E-state index is 13.4. The number of piperidine rings is 1. The molecule has 0 unspecified atom stereocenters. The molecule has 0 radical (unpaired) electrons. The molecule has 1 aromatic heterocycles. The van der Waals surface area contributed by atoms with Gasteiger partial charge in [-0.2, -0.15) is 12.7 Å². The maximum absolute atomic E-state index is 13.4. The van der Waals surface area contributed by atoms with Crippen LogP contribution < -0.4 is 14.4 Å². The molecule has 1 N–H and O–H groups in total. The van der Waals surface area contributed by atoms with Crippen molar-refractivity contribution in [1.29, 1.82) is 0 Å².